The largest absolute Gasteiger partial charge is 0.417 e. The van der Waals surface area contributed by atoms with Crippen LogP contribution in [0.15, 0.2) is 64.6 Å². The number of halogens is 3. The number of alkyl halides is 3. The summed E-state index contributed by atoms with van der Waals surface area (Å²) in [5.74, 6) is 0.824. The highest BCUT2D eigenvalue weighted by Crippen LogP contribution is 2.43. The van der Waals surface area contributed by atoms with Gasteiger partial charge in [-0.25, -0.2) is 9.97 Å². The fourth-order valence-corrected chi connectivity index (χ4v) is 5.38. The van der Waals surface area contributed by atoms with Gasteiger partial charge in [0.1, 0.15) is 12.1 Å². The molecular weight excluding hydrogens is 447 g/mol. The number of aliphatic hydroxyl groups is 1. The summed E-state index contributed by atoms with van der Waals surface area (Å²) in [4.78, 5) is 11.5. The molecule has 2 heterocycles. The SMILES string of the molecule is CC(C)c1ccccc1Sc1ccc(-c2cc(N3CCC[C@H]3CO)ncn2)cc1C(F)(F)F. The Labute approximate surface area is 195 Å². The minimum Gasteiger partial charge on any atom is -0.394 e. The number of rotatable bonds is 6. The van der Waals surface area contributed by atoms with Gasteiger partial charge in [0, 0.05) is 28.0 Å². The maximum atomic E-state index is 14.0. The van der Waals surface area contributed by atoms with E-state index in [1.165, 1.54) is 18.5 Å². The van der Waals surface area contributed by atoms with Crippen molar-refractivity contribution in [2.24, 2.45) is 0 Å². The van der Waals surface area contributed by atoms with Crippen LogP contribution in [0.4, 0.5) is 19.0 Å². The Hall–Kier alpha value is -2.58. The number of hydrogen-bond donors (Lipinski definition) is 1. The van der Waals surface area contributed by atoms with Gasteiger partial charge in [0.15, 0.2) is 0 Å². The van der Waals surface area contributed by atoms with Gasteiger partial charge in [-0.2, -0.15) is 13.2 Å². The van der Waals surface area contributed by atoms with Crippen molar-refractivity contribution in [3.05, 3.63) is 66.0 Å². The van der Waals surface area contributed by atoms with Crippen LogP contribution in [0.5, 0.6) is 0 Å². The Morgan fingerprint density at radius 3 is 2.61 bits per heavy atom. The van der Waals surface area contributed by atoms with E-state index >= 15 is 0 Å². The van der Waals surface area contributed by atoms with Crippen LogP contribution >= 0.6 is 11.8 Å². The van der Waals surface area contributed by atoms with Gasteiger partial charge in [0.2, 0.25) is 0 Å². The molecule has 1 N–H and O–H groups in total. The first-order valence-corrected chi connectivity index (χ1v) is 11.8. The van der Waals surface area contributed by atoms with E-state index in [1.807, 2.05) is 43.0 Å². The fourth-order valence-electron chi connectivity index (χ4n) is 4.16. The molecule has 1 aliphatic rings. The smallest absolute Gasteiger partial charge is 0.394 e. The Kier molecular flexibility index (Phi) is 6.95. The van der Waals surface area contributed by atoms with Gasteiger partial charge in [0.05, 0.1) is 23.9 Å². The number of nitrogens with zero attached hydrogens (tertiary/aromatic N) is 3. The van der Waals surface area contributed by atoms with E-state index in [0.717, 1.165) is 41.6 Å². The number of benzene rings is 2. The third-order valence-electron chi connectivity index (χ3n) is 5.88. The predicted octanol–water partition coefficient (Wildman–Crippen LogP) is 6.40. The lowest BCUT2D eigenvalue weighted by Gasteiger charge is -2.24. The van der Waals surface area contributed by atoms with E-state index in [2.05, 4.69) is 9.97 Å². The van der Waals surface area contributed by atoms with Crippen LogP contribution in [-0.4, -0.2) is 34.3 Å². The van der Waals surface area contributed by atoms with Crippen LogP contribution < -0.4 is 4.90 Å². The van der Waals surface area contributed by atoms with Crippen LogP contribution in [0.25, 0.3) is 11.3 Å². The molecule has 1 fully saturated rings. The maximum absolute atomic E-state index is 14.0. The molecule has 0 amide bonds. The molecule has 3 aromatic rings. The summed E-state index contributed by atoms with van der Waals surface area (Å²) in [6, 6.07) is 13.6. The first-order valence-electron chi connectivity index (χ1n) is 11.0. The van der Waals surface area contributed by atoms with Crippen molar-refractivity contribution < 1.29 is 18.3 Å². The summed E-state index contributed by atoms with van der Waals surface area (Å²) >= 11 is 1.14. The van der Waals surface area contributed by atoms with E-state index in [-0.39, 0.29) is 23.5 Å². The van der Waals surface area contributed by atoms with Gasteiger partial charge < -0.3 is 10.0 Å². The zero-order chi connectivity index (χ0) is 23.6. The van der Waals surface area contributed by atoms with Gasteiger partial charge in [-0.1, -0.05) is 49.9 Å². The third kappa shape index (κ3) is 5.17. The van der Waals surface area contributed by atoms with Crippen LogP contribution in [-0.2, 0) is 6.18 Å². The van der Waals surface area contributed by atoms with Crippen molar-refractivity contribution in [3.8, 4) is 11.3 Å². The normalized spacial score (nSPS) is 16.6. The minimum atomic E-state index is -4.50. The number of anilines is 1. The van der Waals surface area contributed by atoms with Crippen molar-refractivity contribution in [1.29, 1.82) is 0 Å². The van der Waals surface area contributed by atoms with Gasteiger partial charge in [-0.3, -0.25) is 0 Å². The van der Waals surface area contributed by atoms with E-state index in [4.69, 9.17) is 0 Å². The average Bonchev–Trinajstić information content (AvgIpc) is 3.28. The summed E-state index contributed by atoms with van der Waals surface area (Å²) in [5.41, 5.74) is 1.14. The summed E-state index contributed by atoms with van der Waals surface area (Å²) in [5, 5.41) is 9.60. The summed E-state index contributed by atoms with van der Waals surface area (Å²) in [6.07, 6.45) is -1.34. The van der Waals surface area contributed by atoms with E-state index < -0.39 is 11.7 Å². The van der Waals surface area contributed by atoms with Crippen LogP contribution in [0.2, 0.25) is 0 Å². The Morgan fingerprint density at radius 1 is 1.09 bits per heavy atom. The van der Waals surface area contributed by atoms with Gasteiger partial charge in [-0.05, 0) is 42.5 Å². The first kappa shape index (κ1) is 23.6. The van der Waals surface area contributed by atoms with Gasteiger partial charge >= 0.3 is 6.18 Å². The molecule has 8 heteroatoms. The Morgan fingerprint density at radius 2 is 1.88 bits per heavy atom. The topological polar surface area (TPSA) is 49.2 Å². The molecule has 1 saturated heterocycles. The lowest BCUT2D eigenvalue weighted by atomic mass is 10.0. The highest BCUT2D eigenvalue weighted by atomic mass is 32.2. The molecule has 0 radical (unpaired) electrons. The van der Waals surface area contributed by atoms with Crippen molar-refractivity contribution in [3.63, 3.8) is 0 Å². The second-order valence-corrected chi connectivity index (χ2v) is 9.52. The molecule has 0 bridgehead atoms. The molecule has 2 aromatic carbocycles. The van der Waals surface area contributed by atoms with Crippen LogP contribution in [0.3, 0.4) is 0 Å². The van der Waals surface area contributed by atoms with Crippen molar-refractivity contribution in [1.82, 2.24) is 9.97 Å². The second-order valence-electron chi connectivity index (χ2n) is 8.44. The van der Waals surface area contributed by atoms with Crippen LogP contribution in [0.1, 0.15) is 43.7 Å². The summed E-state index contributed by atoms with van der Waals surface area (Å²) < 4.78 is 42.1. The standard InChI is InChI=1S/C25H26F3N3OS/c1-16(2)19-7-3-4-8-22(19)33-23-10-9-17(12-20(23)25(26,27)28)21-13-24(30-15-29-21)31-11-5-6-18(31)14-32/h3-4,7-10,12-13,15-16,18,32H,5-6,11,14H2,1-2H3/t18-/m0/s1. The van der Waals surface area contributed by atoms with E-state index in [9.17, 15) is 18.3 Å². The molecule has 1 aromatic heterocycles. The fraction of sp³-hybridized carbons (Fsp3) is 0.360. The molecule has 0 aliphatic carbocycles. The number of aromatic nitrogens is 2. The molecule has 174 valence electrons. The first-order chi connectivity index (χ1) is 15.8. The number of hydrogen-bond acceptors (Lipinski definition) is 5. The second kappa shape index (κ2) is 9.73. The maximum Gasteiger partial charge on any atom is 0.417 e. The third-order valence-corrected chi connectivity index (χ3v) is 7.04. The molecule has 0 spiro atoms. The minimum absolute atomic E-state index is 0.0152. The average molecular weight is 474 g/mol. The lowest BCUT2D eigenvalue weighted by Crippen LogP contribution is -2.32. The lowest BCUT2D eigenvalue weighted by molar-refractivity contribution is -0.139. The molecule has 4 rings (SSSR count). The molecule has 4 nitrogen and oxygen atoms in total. The van der Waals surface area contributed by atoms with Crippen molar-refractivity contribution in [2.75, 3.05) is 18.1 Å². The molecule has 1 aliphatic heterocycles. The Bertz CT molecular complexity index is 1120. The zero-order valence-electron chi connectivity index (χ0n) is 18.5. The van der Waals surface area contributed by atoms with Crippen LogP contribution in [0, 0.1) is 0 Å². The number of aliphatic hydroxyl groups excluding tert-OH is 1. The summed E-state index contributed by atoms with van der Waals surface area (Å²) in [6.45, 7) is 4.82. The quantitative estimate of drug-likeness (QED) is 0.449. The Balaban J connectivity index is 1.71. The van der Waals surface area contributed by atoms with Crippen molar-refractivity contribution >= 4 is 17.6 Å². The monoisotopic (exact) mass is 473 g/mol. The van der Waals surface area contributed by atoms with Gasteiger partial charge in [-0.15, -0.1) is 0 Å². The molecular formula is C25H26F3N3OS. The van der Waals surface area contributed by atoms with E-state index in [0.29, 0.717) is 17.1 Å². The van der Waals surface area contributed by atoms with Crippen molar-refractivity contribution in [2.45, 2.75) is 54.6 Å². The molecule has 0 unspecified atom stereocenters. The molecule has 1 atom stereocenters. The molecule has 0 saturated carbocycles. The highest BCUT2D eigenvalue weighted by Gasteiger charge is 2.34. The zero-order valence-corrected chi connectivity index (χ0v) is 19.3. The molecule has 33 heavy (non-hydrogen) atoms. The van der Waals surface area contributed by atoms with E-state index in [1.54, 1.807) is 12.1 Å². The predicted molar refractivity (Wildman–Crippen MR) is 125 cm³/mol. The summed E-state index contributed by atoms with van der Waals surface area (Å²) in [7, 11) is 0. The highest BCUT2D eigenvalue weighted by molar-refractivity contribution is 7.99. The van der Waals surface area contributed by atoms with Gasteiger partial charge in [0.25, 0.3) is 0 Å².